The molecule has 0 saturated carbocycles. The summed E-state index contributed by atoms with van der Waals surface area (Å²) < 4.78 is 14.0. The number of phenols is 1. The van der Waals surface area contributed by atoms with Crippen molar-refractivity contribution in [2.24, 2.45) is 0 Å². The number of hydrogen-bond donors (Lipinski definition) is 1. The lowest BCUT2D eigenvalue weighted by Crippen LogP contribution is -2.16. The highest BCUT2D eigenvalue weighted by Gasteiger charge is 2.23. The van der Waals surface area contributed by atoms with E-state index in [4.69, 9.17) is 11.6 Å². The third kappa shape index (κ3) is 3.10. The van der Waals surface area contributed by atoms with Crippen molar-refractivity contribution in [3.8, 4) is 17.1 Å². The molecule has 0 bridgehead atoms. The fourth-order valence-electron chi connectivity index (χ4n) is 1.75. The molecule has 0 aliphatic carbocycles. The van der Waals surface area contributed by atoms with Crippen LogP contribution in [0.3, 0.4) is 0 Å². The minimum atomic E-state index is -0.556. The Labute approximate surface area is 130 Å². The first kappa shape index (κ1) is 15.2. The van der Waals surface area contributed by atoms with Crippen molar-refractivity contribution < 1.29 is 9.50 Å². The summed E-state index contributed by atoms with van der Waals surface area (Å²) >= 11 is 9.47. The van der Waals surface area contributed by atoms with Gasteiger partial charge in [0.2, 0.25) is 0 Å². The summed E-state index contributed by atoms with van der Waals surface area (Å²) in [5, 5.41) is 9.72. The van der Waals surface area contributed by atoms with Crippen molar-refractivity contribution in [3.63, 3.8) is 0 Å². The fourth-order valence-corrected chi connectivity index (χ4v) is 2.69. The Bertz CT molecular complexity index is 651. The molecule has 0 fully saturated rings. The number of aromatic nitrogens is 2. The highest BCUT2D eigenvalue weighted by molar-refractivity contribution is 9.10. The molecular formula is C14H13BrClFN2O. The highest BCUT2D eigenvalue weighted by Crippen LogP contribution is 2.34. The molecule has 106 valence electrons. The van der Waals surface area contributed by atoms with E-state index in [-0.39, 0.29) is 22.1 Å². The summed E-state index contributed by atoms with van der Waals surface area (Å²) in [6.45, 7) is 5.97. The van der Waals surface area contributed by atoms with Crippen LogP contribution in [0, 0.1) is 5.82 Å². The molecule has 0 aliphatic heterocycles. The first-order valence-corrected chi connectivity index (χ1v) is 7.09. The lowest BCUT2D eigenvalue weighted by molar-refractivity contribution is 0.469. The van der Waals surface area contributed by atoms with Crippen LogP contribution < -0.4 is 0 Å². The number of benzene rings is 1. The standard InChI is InChI=1S/C14H13BrClFN2O/c1-14(2,3)11-10(15)12(16)19-13(18-11)7-4-8(17)6-9(20)5-7/h4-6,20H,1-3H3. The van der Waals surface area contributed by atoms with Gasteiger partial charge in [-0.05, 0) is 28.1 Å². The molecule has 0 atom stereocenters. The largest absolute Gasteiger partial charge is 0.508 e. The van der Waals surface area contributed by atoms with E-state index >= 15 is 0 Å². The van der Waals surface area contributed by atoms with Crippen LogP contribution in [0.2, 0.25) is 5.15 Å². The lowest BCUT2D eigenvalue weighted by Gasteiger charge is -2.20. The van der Waals surface area contributed by atoms with E-state index in [1.807, 2.05) is 20.8 Å². The number of hydrogen-bond acceptors (Lipinski definition) is 3. The van der Waals surface area contributed by atoms with Crippen LogP contribution in [0.15, 0.2) is 22.7 Å². The third-order valence-electron chi connectivity index (χ3n) is 2.66. The monoisotopic (exact) mass is 358 g/mol. The minimum absolute atomic E-state index is 0.181. The van der Waals surface area contributed by atoms with Gasteiger partial charge in [0.05, 0.1) is 10.2 Å². The third-order valence-corrected chi connectivity index (χ3v) is 3.91. The van der Waals surface area contributed by atoms with Gasteiger partial charge in [-0.3, -0.25) is 0 Å². The number of nitrogens with zero attached hydrogens (tertiary/aromatic N) is 2. The van der Waals surface area contributed by atoms with E-state index in [0.717, 1.165) is 11.8 Å². The summed E-state index contributed by atoms with van der Waals surface area (Å²) in [5.74, 6) is -0.460. The Morgan fingerprint density at radius 3 is 2.40 bits per heavy atom. The minimum Gasteiger partial charge on any atom is -0.508 e. The maximum absolute atomic E-state index is 13.4. The average Bonchev–Trinajstić information content (AvgIpc) is 2.29. The van der Waals surface area contributed by atoms with Gasteiger partial charge in [0.15, 0.2) is 5.82 Å². The van der Waals surface area contributed by atoms with Gasteiger partial charge in [0, 0.05) is 17.0 Å². The molecule has 6 heteroatoms. The smallest absolute Gasteiger partial charge is 0.161 e. The molecule has 0 amide bonds. The zero-order valence-corrected chi connectivity index (χ0v) is 13.5. The van der Waals surface area contributed by atoms with Gasteiger partial charge < -0.3 is 5.11 Å². The van der Waals surface area contributed by atoms with Crippen LogP contribution in [-0.2, 0) is 5.41 Å². The summed E-state index contributed by atoms with van der Waals surface area (Å²) in [7, 11) is 0. The molecule has 0 saturated heterocycles. The zero-order valence-electron chi connectivity index (χ0n) is 11.2. The van der Waals surface area contributed by atoms with Crippen molar-refractivity contribution in [2.75, 3.05) is 0 Å². The molecule has 20 heavy (non-hydrogen) atoms. The predicted molar refractivity (Wildman–Crippen MR) is 80.5 cm³/mol. The van der Waals surface area contributed by atoms with Gasteiger partial charge in [0.1, 0.15) is 16.7 Å². The normalized spacial score (nSPS) is 11.7. The van der Waals surface area contributed by atoms with E-state index in [0.29, 0.717) is 10.0 Å². The molecule has 2 aromatic rings. The number of rotatable bonds is 1. The Hall–Kier alpha value is -1.20. The van der Waals surface area contributed by atoms with Gasteiger partial charge >= 0.3 is 0 Å². The SMILES string of the molecule is CC(C)(C)c1nc(-c2cc(O)cc(F)c2)nc(Cl)c1Br. The van der Waals surface area contributed by atoms with Crippen LogP contribution in [-0.4, -0.2) is 15.1 Å². The predicted octanol–water partition coefficient (Wildman–Crippen LogP) is 4.70. The number of phenolic OH excluding ortho intramolecular Hbond substituents is 1. The molecule has 0 unspecified atom stereocenters. The Kier molecular flexibility index (Phi) is 4.02. The van der Waals surface area contributed by atoms with E-state index < -0.39 is 5.82 Å². The highest BCUT2D eigenvalue weighted by atomic mass is 79.9. The first-order valence-electron chi connectivity index (χ1n) is 5.92. The van der Waals surface area contributed by atoms with Crippen molar-refractivity contribution >= 4 is 27.5 Å². The van der Waals surface area contributed by atoms with E-state index in [2.05, 4.69) is 25.9 Å². The second-order valence-corrected chi connectivity index (χ2v) is 6.60. The number of halogens is 3. The molecule has 1 aromatic carbocycles. The van der Waals surface area contributed by atoms with Gasteiger partial charge in [-0.2, -0.15) is 0 Å². The second kappa shape index (κ2) is 5.30. The van der Waals surface area contributed by atoms with Crippen LogP contribution >= 0.6 is 27.5 Å². The summed E-state index contributed by atoms with van der Waals surface area (Å²) in [5.41, 5.74) is 0.842. The van der Waals surface area contributed by atoms with Crippen molar-refractivity contribution in [1.82, 2.24) is 9.97 Å². The molecule has 0 aliphatic rings. The molecule has 1 heterocycles. The van der Waals surface area contributed by atoms with Gasteiger partial charge in [0.25, 0.3) is 0 Å². The van der Waals surface area contributed by atoms with Gasteiger partial charge in [-0.1, -0.05) is 32.4 Å². The average molecular weight is 360 g/mol. The van der Waals surface area contributed by atoms with Gasteiger partial charge in [-0.25, -0.2) is 14.4 Å². The molecule has 2 rings (SSSR count). The van der Waals surface area contributed by atoms with Crippen molar-refractivity contribution in [1.29, 1.82) is 0 Å². The molecular weight excluding hydrogens is 347 g/mol. The lowest BCUT2D eigenvalue weighted by atomic mass is 9.92. The first-order chi connectivity index (χ1) is 9.18. The van der Waals surface area contributed by atoms with Crippen LogP contribution in [0.25, 0.3) is 11.4 Å². The van der Waals surface area contributed by atoms with E-state index in [1.165, 1.54) is 12.1 Å². The van der Waals surface area contributed by atoms with Crippen molar-refractivity contribution in [3.05, 3.63) is 39.3 Å². The topological polar surface area (TPSA) is 46.0 Å². The zero-order chi connectivity index (χ0) is 15.1. The molecule has 3 nitrogen and oxygen atoms in total. The van der Waals surface area contributed by atoms with Crippen LogP contribution in [0.4, 0.5) is 4.39 Å². The van der Waals surface area contributed by atoms with Crippen molar-refractivity contribution in [2.45, 2.75) is 26.2 Å². The molecule has 0 spiro atoms. The summed E-state index contributed by atoms with van der Waals surface area (Å²) in [6.07, 6.45) is 0. The molecule has 1 aromatic heterocycles. The Balaban J connectivity index is 2.67. The van der Waals surface area contributed by atoms with E-state index in [9.17, 15) is 9.50 Å². The Morgan fingerprint density at radius 2 is 1.85 bits per heavy atom. The second-order valence-electron chi connectivity index (χ2n) is 5.45. The molecule has 0 radical (unpaired) electrons. The quantitative estimate of drug-likeness (QED) is 0.751. The number of aromatic hydroxyl groups is 1. The maximum Gasteiger partial charge on any atom is 0.161 e. The van der Waals surface area contributed by atoms with E-state index in [1.54, 1.807) is 0 Å². The van der Waals surface area contributed by atoms with Crippen LogP contribution in [0.1, 0.15) is 26.5 Å². The summed E-state index contributed by atoms with van der Waals surface area (Å²) in [6, 6.07) is 3.68. The molecule has 1 N–H and O–H groups in total. The fraction of sp³-hybridized carbons (Fsp3) is 0.286. The van der Waals surface area contributed by atoms with Crippen LogP contribution in [0.5, 0.6) is 5.75 Å². The maximum atomic E-state index is 13.4. The summed E-state index contributed by atoms with van der Waals surface area (Å²) in [4.78, 5) is 8.57. The van der Waals surface area contributed by atoms with Gasteiger partial charge in [-0.15, -0.1) is 0 Å². The Morgan fingerprint density at radius 1 is 1.20 bits per heavy atom.